The quantitative estimate of drug-likeness (QED) is 0.910. The van der Waals surface area contributed by atoms with E-state index in [0.29, 0.717) is 6.04 Å². The number of hydrogen-bond acceptors (Lipinski definition) is 3. The van der Waals surface area contributed by atoms with Gasteiger partial charge >= 0.3 is 0 Å². The average Bonchev–Trinajstić information content (AvgIpc) is 2.58. The van der Waals surface area contributed by atoms with Gasteiger partial charge in [0.15, 0.2) is 0 Å². The molecule has 22 heavy (non-hydrogen) atoms. The molecule has 2 aromatic carbocycles. The first-order valence-corrected chi connectivity index (χ1v) is 7.95. The van der Waals surface area contributed by atoms with E-state index in [0.717, 1.165) is 19.6 Å². The summed E-state index contributed by atoms with van der Waals surface area (Å²) in [7, 11) is 0. The van der Waals surface area contributed by atoms with Crippen molar-refractivity contribution in [2.24, 2.45) is 0 Å². The molecule has 116 valence electrons. The van der Waals surface area contributed by atoms with Crippen molar-refractivity contribution in [1.82, 2.24) is 10.2 Å². The van der Waals surface area contributed by atoms with Crippen LogP contribution in [0.2, 0.25) is 0 Å². The van der Waals surface area contributed by atoms with Gasteiger partial charge in [0.25, 0.3) is 0 Å². The number of nitrogens with one attached hydrogen (secondary N) is 1. The van der Waals surface area contributed by atoms with Gasteiger partial charge in [0.2, 0.25) is 0 Å². The Morgan fingerprint density at radius 1 is 1.09 bits per heavy atom. The number of aliphatic hydroxyl groups excluding tert-OH is 1. The molecule has 1 aliphatic rings. The lowest BCUT2D eigenvalue weighted by Crippen LogP contribution is -2.53. The Kier molecular flexibility index (Phi) is 4.88. The van der Waals surface area contributed by atoms with Gasteiger partial charge in [-0.2, -0.15) is 0 Å². The molecule has 0 bridgehead atoms. The van der Waals surface area contributed by atoms with Gasteiger partial charge in [0.05, 0.1) is 6.61 Å². The second-order valence-electron chi connectivity index (χ2n) is 6.12. The molecule has 2 N–H and O–H groups in total. The van der Waals surface area contributed by atoms with E-state index in [1.54, 1.807) is 0 Å². The fraction of sp³-hybridized carbons (Fsp3) is 0.368. The summed E-state index contributed by atoms with van der Waals surface area (Å²) in [5.41, 5.74) is 3.90. The highest BCUT2D eigenvalue weighted by molar-refractivity contribution is 5.23. The first kappa shape index (κ1) is 15.2. The Labute approximate surface area is 132 Å². The second-order valence-corrected chi connectivity index (χ2v) is 6.12. The molecule has 2 unspecified atom stereocenters. The van der Waals surface area contributed by atoms with E-state index in [1.807, 2.05) is 6.07 Å². The summed E-state index contributed by atoms with van der Waals surface area (Å²) < 4.78 is 0. The average molecular weight is 296 g/mol. The summed E-state index contributed by atoms with van der Waals surface area (Å²) in [6.07, 6.45) is 0. The molecular formula is C19H24N2O. The third-order valence-corrected chi connectivity index (χ3v) is 4.45. The summed E-state index contributed by atoms with van der Waals surface area (Å²) in [6.45, 7) is 4.93. The third kappa shape index (κ3) is 3.55. The van der Waals surface area contributed by atoms with Gasteiger partial charge in [-0.05, 0) is 18.1 Å². The smallest absolute Gasteiger partial charge is 0.0599 e. The zero-order valence-corrected chi connectivity index (χ0v) is 13.1. The van der Waals surface area contributed by atoms with Crippen molar-refractivity contribution in [3.05, 3.63) is 71.3 Å². The van der Waals surface area contributed by atoms with Crippen LogP contribution in [0.25, 0.3) is 0 Å². The molecule has 0 spiro atoms. The van der Waals surface area contributed by atoms with Crippen LogP contribution in [-0.4, -0.2) is 35.7 Å². The lowest BCUT2D eigenvalue weighted by Gasteiger charge is -2.40. The van der Waals surface area contributed by atoms with Crippen LogP contribution in [0, 0.1) is 6.92 Å². The molecule has 1 aliphatic heterocycles. The van der Waals surface area contributed by atoms with Gasteiger partial charge in [-0.25, -0.2) is 0 Å². The van der Waals surface area contributed by atoms with E-state index >= 15 is 0 Å². The molecule has 0 aliphatic carbocycles. The van der Waals surface area contributed by atoms with E-state index in [-0.39, 0.29) is 12.6 Å². The first-order chi connectivity index (χ1) is 10.8. The topological polar surface area (TPSA) is 35.5 Å². The molecule has 0 radical (unpaired) electrons. The molecule has 2 atom stereocenters. The van der Waals surface area contributed by atoms with Crippen molar-refractivity contribution < 1.29 is 5.11 Å². The standard InChI is InChI=1S/C19H24N2O/c1-15-7-9-16(10-8-15)12-21-13-19(20-11-18(21)14-22)17-5-3-2-4-6-17/h2-10,18-20,22H,11-14H2,1H3. The number of piperazine rings is 1. The van der Waals surface area contributed by atoms with Crippen molar-refractivity contribution in [3.63, 3.8) is 0 Å². The maximum Gasteiger partial charge on any atom is 0.0599 e. The van der Waals surface area contributed by atoms with Crippen LogP contribution in [0.3, 0.4) is 0 Å². The number of hydrogen-bond donors (Lipinski definition) is 2. The van der Waals surface area contributed by atoms with E-state index in [4.69, 9.17) is 0 Å². The first-order valence-electron chi connectivity index (χ1n) is 7.95. The number of aryl methyl sites for hydroxylation is 1. The molecule has 0 saturated carbocycles. The molecule has 1 fully saturated rings. The molecule has 3 rings (SSSR count). The fourth-order valence-electron chi connectivity index (χ4n) is 3.07. The molecule has 2 aromatic rings. The lowest BCUT2D eigenvalue weighted by atomic mass is 10.0. The Hall–Kier alpha value is -1.68. The maximum atomic E-state index is 9.66. The van der Waals surface area contributed by atoms with Gasteiger partial charge in [0, 0.05) is 31.7 Å². The Morgan fingerprint density at radius 2 is 1.82 bits per heavy atom. The van der Waals surface area contributed by atoms with Crippen LogP contribution in [0.1, 0.15) is 22.7 Å². The largest absolute Gasteiger partial charge is 0.395 e. The summed E-state index contributed by atoms with van der Waals surface area (Å²) in [4.78, 5) is 2.39. The number of rotatable bonds is 4. The van der Waals surface area contributed by atoms with Gasteiger partial charge in [0.1, 0.15) is 0 Å². The zero-order valence-electron chi connectivity index (χ0n) is 13.1. The van der Waals surface area contributed by atoms with Crippen LogP contribution in [0.15, 0.2) is 54.6 Å². The highest BCUT2D eigenvalue weighted by atomic mass is 16.3. The van der Waals surface area contributed by atoms with Crippen LogP contribution >= 0.6 is 0 Å². The molecule has 0 aromatic heterocycles. The number of benzene rings is 2. The van der Waals surface area contributed by atoms with Crippen LogP contribution in [-0.2, 0) is 6.54 Å². The van der Waals surface area contributed by atoms with Gasteiger partial charge in [-0.3, -0.25) is 4.90 Å². The molecule has 0 amide bonds. The minimum absolute atomic E-state index is 0.182. The monoisotopic (exact) mass is 296 g/mol. The number of nitrogens with zero attached hydrogens (tertiary/aromatic N) is 1. The lowest BCUT2D eigenvalue weighted by molar-refractivity contribution is 0.0744. The van der Waals surface area contributed by atoms with E-state index in [2.05, 4.69) is 65.7 Å². The maximum absolute atomic E-state index is 9.66. The van der Waals surface area contributed by atoms with Gasteiger partial charge in [-0.1, -0.05) is 60.2 Å². The highest BCUT2D eigenvalue weighted by Gasteiger charge is 2.28. The predicted molar refractivity (Wildman–Crippen MR) is 89.6 cm³/mol. The minimum atomic E-state index is 0.182. The van der Waals surface area contributed by atoms with E-state index < -0.39 is 0 Å². The van der Waals surface area contributed by atoms with E-state index in [1.165, 1.54) is 16.7 Å². The Morgan fingerprint density at radius 3 is 2.50 bits per heavy atom. The molecule has 1 saturated heterocycles. The second kappa shape index (κ2) is 7.05. The molecule has 3 heteroatoms. The molecule has 1 heterocycles. The SMILES string of the molecule is Cc1ccc(CN2CC(c3ccccc3)NCC2CO)cc1. The zero-order chi connectivity index (χ0) is 15.4. The Bertz CT molecular complexity index is 582. The predicted octanol–water partition coefficient (Wildman–Crippen LogP) is 2.50. The van der Waals surface area contributed by atoms with Gasteiger partial charge < -0.3 is 10.4 Å². The van der Waals surface area contributed by atoms with Crippen molar-refractivity contribution in [2.75, 3.05) is 19.7 Å². The van der Waals surface area contributed by atoms with Crippen molar-refractivity contribution in [3.8, 4) is 0 Å². The van der Waals surface area contributed by atoms with Gasteiger partial charge in [-0.15, -0.1) is 0 Å². The fourth-order valence-corrected chi connectivity index (χ4v) is 3.07. The Balaban J connectivity index is 1.73. The summed E-state index contributed by atoms with van der Waals surface area (Å²) in [6, 6.07) is 19.7. The third-order valence-electron chi connectivity index (χ3n) is 4.45. The molecular weight excluding hydrogens is 272 g/mol. The minimum Gasteiger partial charge on any atom is -0.395 e. The summed E-state index contributed by atoms with van der Waals surface area (Å²) in [5, 5.41) is 13.2. The summed E-state index contributed by atoms with van der Waals surface area (Å²) in [5.74, 6) is 0. The van der Waals surface area contributed by atoms with Crippen LogP contribution in [0.5, 0.6) is 0 Å². The molecule has 3 nitrogen and oxygen atoms in total. The number of aliphatic hydroxyl groups is 1. The summed E-state index contributed by atoms with van der Waals surface area (Å²) >= 11 is 0. The highest BCUT2D eigenvalue weighted by Crippen LogP contribution is 2.21. The van der Waals surface area contributed by atoms with E-state index in [9.17, 15) is 5.11 Å². The van der Waals surface area contributed by atoms with Crippen LogP contribution in [0.4, 0.5) is 0 Å². The van der Waals surface area contributed by atoms with Crippen molar-refractivity contribution in [2.45, 2.75) is 25.6 Å². The van der Waals surface area contributed by atoms with Crippen molar-refractivity contribution in [1.29, 1.82) is 0 Å². The van der Waals surface area contributed by atoms with Crippen LogP contribution < -0.4 is 5.32 Å². The normalized spacial score (nSPS) is 22.6. The van der Waals surface area contributed by atoms with Crippen molar-refractivity contribution >= 4 is 0 Å².